The molecule has 2 heterocycles. The van der Waals surface area contributed by atoms with E-state index in [1.54, 1.807) is 0 Å². The van der Waals surface area contributed by atoms with Crippen LogP contribution in [0.25, 0.3) is 0 Å². The van der Waals surface area contributed by atoms with E-state index in [0.717, 1.165) is 86.5 Å². The van der Waals surface area contributed by atoms with Crippen LogP contribution in [0.5, 0.6) is 23.0 Å². The lowest BCUT2D eigenvalue weighted by Gasteiger charge is -2.58. The number of carbonyl (C=O) groups is 5. The molecule has 6 N–H and O–H groups in total. The molecule has 1 spiro atoms. The maximum atomic E-state index is 12.9. The summed E-state index contributed by atoms with van der Waals surface area (Å²) in [4.78, 5) is 63.3. The standard InChI is InChI=1S/C20H26O4.C20H28O4.C20H26O4/c1-10(2)11-8-12-13-9-14-19(3,4)6-5-7-20(14,18(23)24-13)15(12)17(22)16(11)21;2*1-11(2)13-10-12-6-7-14-19(3,4)8-5-9-20(14,18(23)24)15(12)17(22)16(13)21/h8,10,13-14,21-22H,5-7,9H2,1-4H3;10-11,14,21-22H,5-9H2,1-4H3,(H,23,24);10-11,14H,5-9H2,1-4H3,(H,23,24)/t13-,14-,20+;2*14-,20+/m000/s1. The van der Waals surface area contributed by atoms with Gasteiger partial charge in [-0.2, -0.15) is 0 Å². The summed E-state index contributed by atoms with van der Waals surface area (Å²) in [5, 5.41) is 63.1. The highest BCUT2D eigenvalue weighted by Gasteiger charge is 2.66. The number of ketones is 2. The molecule has 0 amide bonds. The molecule has 2 aliphatic heterocycles. The molecule has 11 rings (SSSR count). The van der Waals surface area contributed by atoms with Crippen molar-refractivity contribution in [3.05, 3.63) is 68.3 Å². The average Bonchev–Trinajstić information content (AvgIpc) is 3.29. The lowest BCUT2D eigenvalue weighted by atomic mass is 9.47. The Hall–Kier alpha value is -5.13. The third kappa shape index (κ3) is 7.74. The van der Waals surface area contributed by atoms with Gasteiger partial charge in [0.1, 0.15) is 16.9 Å². The number of Topliss-reactive ketones (excluding diaryl/α,β-unsaturated/α-hetero) is 2. The second-order valence-corrected chi connectivity index (χ2v) is 25.9. The number of benzene rings is 2. The van der Waals surface area contributed by atoms with E-state index in [1.807, 2.05) is 59.8 Å². The van der Waals surface area contributed by atoms with Gasteiger partial charge in [0.25, 0.3) is 0 Å². The summed E-state index contributed by atoms with van der Waals surface area (Å²) < 4.78 is 5.76. The zero-order chi connectivity index (χ0) is 53.2. The van der Waals surface area contributed by atoms with E-state index < -0.39 is 39.8 Å². The van der Waals surface area contributed by atoms with Crippen molar-refractivity contribution in [1.29, 1.82) is 0 Å². The monoisotopic (exact) mass is 993 g/mol. The highest BCUT2D eigenvalue weighted by molar-refractivity contribution is 6.51. The Labute approximate surface area is 425 Å². The number of hydrogen-bond donors (Lipinski definition) is 6. The molecular formula is C60H80O12. The van der Waals surface area contributed by atoms with Gasteiger partial charge in [0, 0.05) is 39.0 Å². The van der Waals surface area contributed by atoms with Crippen LogP contribution in [0, 0.1) is 45.3 Å². The van der Waals surface area contributed by atoms with Gasteiger partial charge in [-0.25, -0.2) is 0 Å². The molecule has 7 aliphatic carbocycles. The summed E-state index contributed by atoms with van der Waals surface area (Å²) in [5.41, 5.74) is 2.65. The lowest BCUT2D eigenvalue weighted by molar-refractivity contribution is -0.185. The predicted molar refractivity (Wildman–Crippen MR) is 273 cm³/mol. The number of aryl methyl sites for hydroxylation is 1. The molecule has 0 unspecified atom stereocenters. The van der Waals surface area contributed by atoms with Gasteiger partial charge >= 0.3 is 17.9 Å². The van der Waals surface area contributed by atoms with Crippen LogP contribution < -0.4 is 0 Å². The van der Waals surface area contributed by atoms with Gasteiger partial charge in [-0.15, -0.1) is 0 Å². The van der Waals surface area contributed by atoms with Crippen LogP contribution >= 0.6 is 0 Å². The Bertz CT molecular complexity index is 2670. The van der Waals surface area contributed by atoms with Gasteiger partial charge < -0.3 is 35.4 Å². The van der Waals surface area contributed by atoms with E-state index in [4.69, 9.17) is 4.74 Å². The van der Waals surface area contributed by atoms with Gasteiger partial charge in [0.15, 0.2) is 23.0 Å². The number of aromatic hydroxyl groups is 4. The van der Waals surface area contributed by atoms with Gasteiger partial charge in [0.2, 0.25) is 11.6 Å². The molecule has 1 saturated heterocycles. The molecule has 72 heavy (non-hydrogen) atoms. The second kappa shape index (κ2) is 18.1. The minimum absolute atomic E-state index is 0.0202. The first-order valence-corrected chi connectivity index (χ1v) is 26.8. The summed E-state index contributed by atoms with van der Waals surface area (Å²) in [7, 11) is 0. The zero-order valence-electron chi connectivity index (χ0n) is 44.8. The number of allylic oxidation sites excluding steroid dienone is 3. The maximum absolute atomic E-state index is 12.9. The number of carbonyl (C=O) groups excluding carboxylic acids is 3. The van der Waals surface area contributed by atoms with Gasteiger partial charge in [-0.1, -0.05) is 114 Å². The first-order valence-electron chi connectivity index (χ1n) is 26.8. The quantitative estimate of drug-likeness (QED) is 0.0714. The fraction of sp³-hybridized carbons (Fsp3) is 0.650. The molecule has 2 aromatic rings. The molecule has 12 heteroatoms. The van der Waals surface area contributed by atoms with Crippen LogP contribution in [0.1, 0.15) is 218 Å². The van der Waals surface area contributed by atoms with Crippen molar-refractivity contribution >= 4 is 29.5 Å². The Morgan fingerprint density at radius 2 is 1.07 bits per heavy atom. The number of rotatable bonds is 5. The molecular weight excluding hydrogens is 913 g/mol. The topological polar surface area (TPSA) is 216 Å². The van der Waals surface area contributed by atoms with Gasteiger partial charge in [-0.3, -0.25) is 24.0 Å². The third-order valence-electron chi connectivity index (χ3n) is 19.6. The van der Waals surface area contributed by atoms with E-state index in [-0.39, 0.29) is 86.8 Å². The molecule has 7 atom stereocenters. The Balaban J connectivity index is 0.000000144. The number of phenolic OH excluding ortho intramolecular Hbond substituents is 4. The van der Waals surface area contributed by atoms with E-state index in [9.17, 15) is 54.6 Å². The Morgan fingerprint density at radius 1 is 0.583 bits per heavy atom. The molecule has 12 nitrogen and oxygen atoms in total. The van der Waals surface area contributed by atoms with E-state index in [0.29, 0.717) is 53.5 Å². The van der Waals surface area contributed by atoms with Crippen molar-refractivity contribution in [3.8, 4) is 23.0 Å². The van der Waals surface area contributed by atoms with Crippen molar-refractivity contribution in [2.45, 2.75) is 202 Å². The van der Waals surface area contributed by atoms with E-state index in [1.165, 1.54) is 0 Å². The number of esters is 1. The maximum Gasteiger partial charge on any atom is 0.317 e. The van der Waals surface area contributed by atoms with Crippen LogP contribution in [-0.2, 0) is 46.0 Å². The van der Waals surface area contributed by atoms with Crippen molar-refractivity contribution in [2.75, 3.05) is 0 Å². The predicted octanol–water partition coefficient (Wildman–Crippen LogP) is 12.3. The number of hydrogen-bond acceptors (Lipinski definition) is 10. The second-order valence-electron chi connectivity index (χ2n) is 25.9. The minimum Gasteiger partial charge on any atom is -0.504 e. The van der Waals surface area contributed by atoms with Crippen molar-refractivity contribution < 1.29 is 59.3 Å². The smallest absolute Gasteiger partial charge is 0.317 e. The lowest BCUT2D eigenvalue weighted by Crippen LogP contribution is -2.59. The van der Waals surface area contributed by atoms with Crippen molar-refractivity contribution in [2.24, 2.45) is 45.3 Å². The number of fused-ring (bicyclic) bond motifs is 6. The molecule has 2 bridgehead atoms. The van der Waals surface area contributed by atoms with E-state index in [2.05, 4.69) is 41.5 Å². The summed E-state index contributed by atoms with van der Waals surface area (Å²) in [6.07, 6.45) is 12.6. The number of phenols is 4. The minimum atomic E-state index is -1.19. The normalized spacial score (nSPS) is 31.3. The van der Waals surface area contributed by atoms with Crippen LogP contribution in [0.15, 0.2) is 34.9 Å². The zero-order valence-corrected chi connectivity index (χ0v) is 44.8. The van der Waals surface area contributed by atoms with Crippen molar-refractivity contribution in [1.82, 2.24) is 0 Å². The largest absolute Gasteiger partial charge is 0.504 e. The highest BCUT2D eigenvalue weighted by atomic mass is 16.5. The number of ether oxygens (including phenoxy) is 1. The summed E-state index contributed by atoms with van der Waals surface area (Å²) >= 11 is 0. The SMILES string of the molecule is CC(C)C1=CC2=C(C(=O)C1=O)[C@@]1(C(=O)O)CCCC(C)(C)[C@@H]1CC2.CC(C)c1cc2c(c(O)c1O)[C@@]1(C(=O)O)CCCC(C)(C)[C@@H]1CC2.CC(C)c1cc2c(c(O)c1O)[C@@]13CCCC(C)(C)[C@@H]1C[C@@H]2OC3=O. The molecule has 2 aromatic carbocycles. The fourth-order valence-electron chi connectivity index (χ4n) is 16.1. The van der Waals surface area contributed by atoms with Crippen LogP contribution in [0.2, 0.25) is 0 Å². The first-order chi connectivity index (χ1) is 33.4. The summed E-state index contributed by atoms with van der Waals surface area (Å²) in [6, 6.07) is 3.86. The van der Waals surface area contributed by atoms with Gasteiger partial charge in [0.05, 0.1) is 5.41 Å². The Kier molecular flexibility index (Phi) is 13.3. The van der Waals surface area contributed by atoms with Gasteiger partial charge in [-0.05, 0) is 140 Å². The first kappa shape index (κ1) is 53.2. The Morgan fingerprint density at radius 3 is 1.61 bits per heavy atom. The van der Waals surface area contributed by atoms with Crippen LogP contribution in [0.3, 0.4) is 0 Å². The molecule has 392 valence electrons. The fourth-order valence-corrected chi connectivity index (χ4v) is 16.1. The average molecular weight is 993 g/mol. The molecule has 0 radical (unpaired) electrons. The number of aliphatic carboxylic acids is 2. The summed E-state index contributed by atoms with van der Waals surface area (Å²) in [6.45, 7) is 24.6. The van der Waals surface area contributed by atoms with E-state index >= 15 is 0 Å². The van der Waals surface area contributed by atoms with Crippen molar-refractivity contribution in [3.63, 3.8) is 0 Å². The van der Waals surface area contributed by atoms with Crippen LogP contribution in [-0.4, -0.2) is 60.1 Å². The molecule has 9 aliphatic rings. The molecule has 0 aromatic heterocycles. The van der Waals surface area contributed by atoms with Crippen LogP contribution in [0.4, 0.5) is 0 Å². The molecule has 3 saturated carbocycles. The highest BCUT2D eigenvalue weighted by Crippen LogP contribution is 2.67. The molecule has 4 fully saturated rings. The summed E-state index contributed by atoms with van der Waals surface area (Å²) in [5.74, 6) is -3.45. The number of carboxylic acids is 2. The third-order valence-corrected chi connectivity index (χ3v) is 19.6. The number of carboxylic acid groups (broad SMARTS) is 2.